The Morgan fingerprint density at radius 2 is 1.64 bits per heavy atom. The Hall–Kier alpha value is -3.24. The lowest BCUT2D eigenvalue weighted by Gasteiger charge is -2.41. The number of aromatic amines is 1. The van der Waals surface area contributed by atoms with Crippen LogP contribution in [0.25, 0.3) is 10.9 Å². The summed E-state index contributed by atoms with van der Waals surface area (Å²) in [6.07, 6.45) is 14.6. The van der Waals surface area contributed by atoms with Crippen LogP contribution in [0.1, 0.15) is 114 Å². The zero-order valence-electron chi connectivity index (χ0n) is 30.0. The number of esters is 1. The fourth-order valence-electron chi connectivity index (χ4n) is 7.91. The van der Waals surface area contributed by atoms with Gasteiger partial charge in [0.2, 0.25) is 5.56 Å². The van der Waals surface area contributed by atoms with E-state index in [4.69, 9.17) is 4.74 Å². The highest BCUT2D eigenvalue weighted by Crippen LogP contribution is 2.41. The largest absolute Gasteiger partial charge is 0.506 e. The first-order valence-corrected chi connectivity index (χ1v) is 19.1. The van der Waals surface area contributed by atoms with Gasteiger partial charge >= 0.3 is 5.97 Å². The number of aromatic hydroxyl groups is 1. The smallest absolute Gasteiger partial charge is 0.343 e. The second-order valence-electron chi connectivity index (χ2n) is 15.2. The zero-order chi connectivity index (χ0) is 35.4. The van der Waals surface area contributed by atoms with Gasteiger partial charge in [0, 0.05) is 29.3 Å². The van der Waals surface area contributed by atoms with E-state index >= 15 is 0 Å². The number of carbonyl (C=O) groups excluding carboxylic acids is 1. The Kier molecular flexibility index (Phi) is 13.9. The molecule has 5 rings (SSSR count). The van der Waals surface area contributed by atoms with E-state index in [9.17, 15) is 24.9 Å². The molecule has 0 unspecified atom stereocenters. The summed E-state index contributed by atoms with van der Waals surface area (Å²) < 4.78 is 5.97. The lowest BCUT2D eigenvalue weighted by atomic mass is 9.73. The van der Waals surface area contributed by atoms with Gasteiger partial charge in [-0.05, 0) is 88.0 Å². The molecule has 9 nitrogen and oxygen atoms in total. The number of likely N-dealkylation sites (tertiary alicyclic amines) is 1. The number of aromatic nitrogens is 1. The summed E-state index contributed by atoms with van der Waals surface area (Å²) in [5.41, 5.74) is -0.232. The topological polar surface area (TPSA) is 135 Å². The van der Waals surface area contributed by atoms with Crippen molar-refractivity contribution in [1.29, 1.82) is 0 Å². The van der Waals surface area contributed by atoms with Crippen molar-refractivity contribution in [2.24, 2.45) is 11.3 Å². The van der Waals surface area contributed by atoms with Crippen LogP contribution in [0, 0.1) is 11.3 Å². The Morgan fingerprint density at radius 1 is 0.960 bits per heavy atom. The predicted molar refractivity (Wildman–Crippen MR) is 198 cm³/mol. The Morgan fingerprint density at radius 3 is 2.36 bits per heavy atom. The van der Waals surface area contributed by atoms with Gasteiger partial charge in [-0.3, -0.25) is 4.79 Å². The number of phenols is 1. The van der Waals surface area contributed by atoms with Crippen molar-refractivity contribution >= 4 is 16.9 Å². The molecular weight excluding hydrogens is 630 g/mol. The minimum Gasteiger partial charge on any atom is -0.506 e. The van der Waals surface area contributed by atoms with Gasteiger partial charge in [-0.15, -0.1) is 0 Å². The van der Waals surface area contributed by atoms with Crippen LogP contribution in [0.2, 0.25) is 0 Å². The van der Waals surface area contributed by atoms with Crippen molar-refractivity contribution in [3.63, 3.8) is 0 Å². The number of hydrogen-bond acceptors (Lipinski definition) is 8. The number of pyridine rings is 1. The fraction of sp³-hybridized carbons (Fsp3) is 0.610. The van der Waals surface area contributed by atoms with Crippen LogP contribution >= 0.6 is 0 Å². The van der Waals surface area contributed by atoms with E-state index in [0.717, 1.165) is 84.0 Å². The predicted octanol–water partition coefficient (Wildman–Crippen LogP) is 6.70. The minimum atomic E-state index is -1.57. The van der Waals surface area contributed by atoms with E-state index in [-0.39, 0.29) is 22.6 Å². The maximum absolute atomic E-state index is 13.5. The van der Waals surface area contributed by atoms with Gasteiger partial charge in [0.15, 0.2) is 5.60 Å². The Labute approximate surface area is 297 Å². The number of ether oxygens (including phenoxy) is 1. The van der Waals surface area contributed by atoms with Crippen LogP contribution in [0.4, 0.5) is 0 Å². The molecule has 2 aliphatic rings. The minimum absolute atomic E-state index is 0.00288. The van der Waals surface area contributed by atoms with E-state index in [0.29, 0.717) is 35.2 Å². The van der Waals surface area contributed by atoms with Gasteiger partial charge in [-0.25, -0.2) is 4.79 Å². The number of nitrogens with one attached hydrogen (secondary N) is 2. The first kappa shape index (κ1) is 38.0. The number of aliphatic hydroxyl groups is 2. The molecular formula is C41H59N3O6. The van der Waals surface area contributed by atoms with E-state index in [1.54, 1.807) is 12.1 Å². The second kappa shape index (κ2) is 18.3. The van der Waals surface area contributed by atoms with Crippen molar-refractivity contribution < 1.29 is 24.9 Å². The number of phenolic OH excluding ortho intramolecular Hbond substituents is 1. The highest BCUT2D eigenvalue weighted by Gasteiger charge is 2.47. The number of rotatable bonds is 18. The molecule has 50 heavy (non-hydrogen) atoms. The van der Waals surface area contributed by atoms with Crippen molar-refractivity contribution in [3.8, 4) is 5.75 Å². The number of hydrogen-bond donors (Lipinski definition) is 5. The molecule has 0 bridgehead atoms. The van der Waals surface area contributed by atoms with Crippen LogP contribution in [0.3, 0.4) is 0 Å². The number of piperidine rings is 1. The number of benzene rings is 2. The molecule has 2 atom stereocenters. The van der Waals surface area contributed by atoms with E-state index < -0.39 is 17.7 Å². The Balaban J connectivity index is 0.909. The molecule has 1 aliphatic carbocycles. The molecule has 1 saturated heterocycles. The number of nitrogens with zero attached hydrogens (tertiary/aromatic N) is 1. The summed E-state index contributed by atoms with van der Waals surface area (Å²) in [5.74, 6) is -0.579. The van der Waals surface area contributed by atoms with Gasteiger partial charge in [0.05, 0.1) is 18.2 Å². The molecule has 1 aromatic heterocycles. The number of aliphatic hydroxyl groups excluding tert-OH is 1. The first-order chi connectivity index (χ1) is 24.2. The summed E-state index contributed by atoms with van der Waals surface area (Å²) in [6, 6.07) is 15.7. The summed E-state index contributed by atoms with van der Waals surface area (Å²) in [5, 5.41) is 36.6. The SMILES string of the molecule is CC1(COC(=O)[C@](O)(c2ccccc2)C2CCCCC2)CCN(CCCCCCCCCNC[C@H](O)c2ccc(O)c3[nH]c(=O)ccc23)CC1. The highest BCUT2D eigenvalue weighted by atomic mass is 16.6. The quantitative estimate of drug-likeness (QED) is 0.0736. The standard InChI is InChI=1S/C41H59N3O6/c1-40(30-50-39(48)41(49,31-15-9-7-10-16-31)32-17-11-8-12-18-32)23-27-44(28-24-40)26-14-6-4-2-3-5-13-25-42-29-36(46)33-19-21-35(45)38-34(33)20-22-37(47)43-38/h7,9-10,15-16,19-22,32,36,42,45-46,49H,2-6,8,11-14,17-18,23-30H2,1H3,(H,43,47)/t36-,41-/m0/s1. The maximum Gasteiger partial charge on any atom is 0.343 e. The molecule has 2 heterocycles. The third kappa shape index (κ3) is 9.96. The van der Waals surface area contributed by atoms with Gasteiger partial charge in [-0.2, -0.15) is 0 Å². The van der Waals surface area contributed by atoms with Crippen molar-refractivity contribution in [2.75, 3.05) is 39.3 Å². The van der Waals surface area contributed by atoms with Crippen LogP contribution in [0.15, 0.2) is 59.4 Å². The lowest BCUT2D eigenvalue weighted by Crippen LogP contribution is -2.47. The zero-order valence-corrected chi connectivity index (χ0v) is 30.0. The first-order valence-electron chi connectivity index (χ1n) is 19.1. The average Bonchev–Trinajstić information content (AvgIpc) is 3.14. The highest BCUT2D eigenvalue weighted by molar-refractivity contribution is 5.87. The molecule has 2 aromatic carbocycles. The Bertz CT molecular complexity index is 1550. The van der Waals surface area contributed by atoms with E-state index in [1.807, 2.05) is 30.3 Å². The molecule has 0 amide bonds. The number of fused-ring (bicyclic) bond motifs is 1. The third-order valence-electron chi connectivity index (χ3n) is 11.3. The molecule has 5 N–H and O–H groups in total. The van der Waals surface area contributed by atoms with Gasteiger partial charge < -0.3 is 35.3 Å². The van der Waals surface area contributed by atoms with E-state index in [1.165, 1.54) is 44.2 Å². The van der Waals surface area contributed by atoms with Crippen LogP contribution < -0.4 is 10.9 Å². The molecule has 1 aliphatic heterocycles. The number of H-pyrrole nitrogens is 1. The molecule has 0 spiro atoms. The summed E-state index contributed by atoms with van der Waals surface area (Å²) in [7, 11) is 0. The molecule has 3 aromatic rings. The molecule has 0 radical (unpaired) electrons. The van der Waals surface area contributed by atoms with Crippen LogP contribution in [0.5, 0.6) is 5.75 Å². The molecule has 9 heteroatoms. The lowest BCUT2D eigenvalue weighted by molar-refractivity contribution is -0.179. The van der Waals surface area contributed by atoms with Crippen molar-refractivity contribution in [3.05, 3.63) is 76.1 Å². The summed E-state index contributed by atoms with van der Waals surface area (Å²) in [4.78, 5) is 30.4. The molecule has 1 saturated carbocycles. The fourth-order valence-corrected chi connectivity index (χ4v) is 7.91. The van der Waals surface area contributed by atoms with Crippen LogP contribution in [-0.4, -0.2) is 70.5 Å². The van der Waals surface area contributed by atoms with Crippen molar-refractivity contribution in [2.45, 2.75) is 109 Å². The summed E-state index contributed by atoms with van der Waals surface area (Å²) in [6.45, 7) is 6.98. The second-order valence-corrected chi connectivity index (χ2v) is 15.2. The normalized spacial score (nSPS) is 18.9. The molecule has 274 valence electrons. The summed E-state index contributed by atoms with van der Waals surface area (Å²) >= 11 is 0. The monoisotopic (exact) mass is 689 g/mol. The van der Waals surface area contributed by atoms with E-state index in [2.05, 4.69) is 22.1 Å². The van der Waals surface area contributed by atoms with Gasteiger partial charge in [0.25, 0.3) is 0 Å². The number of carbonyl (C=O) groups is 1. The van der Waals surface area contributed by atoms with Crippen molar-refractivity contribution in [1.82, 2.24) is 15.2 Å². The maximum atomic E-state index is 13.5. The van der Waals surface area contributed by atoms with Gasteiger partial charge in [0.1, 0.15) is 5.75 Å². The number of unbranched alkanes of at least 4 members (excludes halogenated alkanes) is 6. The van der Waals surface area contributed by atoms with Crippen LogP contribution in [-0.2, 0) is 15.1 Å². The van der Waals surface area contributed by atoms with Gasteiger partial charge in [-0.1, -0.05) is 94.7 Å². The average molecular weight is 690 g/mol. The molecule has 2 fully saturated rings. The third-order valence-corrected chi connectivity index (χ3v) is 11.3.